The predicted octanol–water partition coefficient (Wildman–Crippen LogP) is 3.59. The van der Waals surface area contributed by atoms with E-state index in [2.05, 4.69) is 15.9 Å². The van der Waals surface area contributed by atoms with E-state index in [4.69, 9.17) is 9.47 Å². The Morgan fingerprint density at radius 3 is 2.75 bits per heavy atom. The SMILES string of the molecule is OC(Cc1ccc(Br)cc1F)c1ccc2c(c1)OCO2. The first kappa shape index (κ1) is 13.4. The first-order valence-electron chi connectivity index (χ1n) is 6.15. The third-order valence-electron chi connectivity index (χ3n) is 3.21. The van der Waals surface area contributed by atoms with Crippen molar-refractivity contribution in [3.8, 4) is 11.5 Å². The summed E-state index contributed by atoms with van der Waals surface area (Å²) in [5, 5.41) is 10.2. The van der Waals surface area contributed by atoms with Crippen molar-refractivity contribution in [3.63, 3.8) is 0 Å². The van der Waals surface area contributed by atoms with Gasteiger partial charge in [-0.3, -0.25) is 0 Å². The molecule has 104 valence electrons. The molecule has 0 saturated heterocycles. The van der Waals surface area contributed by atoms with Crippen LogP contribution in [0.5, 0.6) is 11.5 Å². The van der Waals surface area contributed by atoms with Crippen LogP contribution in [0, 0.1) is 5.82 Å². The summed E-state index contributed by atoms with van der Waals surface area (Å²) in [6.07, 6.45) is -0.584. The second-order valence-electron chi connectivity index (χ2n) is 4.57. The highest BCUT2D eigenvalue weighted by molar-refractivity contribution is 9.10. The molecule has 3 nitrogen and oxygen atoms in total. The molecule has 2 aromatic carbocycles. The number of aliphatic hydroxyl groups is 1. The van der Waals surface area contributed by atoms with Crippen LogP contribution in [0.3, 0.4) is 0 Å². The molecule has 0 saturated carbocycles. The number of benzene rings is 2. The molecular formula is C15H12BrFO3. The molecule has 1 N–H and O–H groups in total. The molecule has 5 heteroatoms. The van der Waals surface area contributed by atoms with Crippen molar-refractivity contribution in [3.05, 3.63) is 57.8 Å². The monoisotopic (exact) mass is 338 g/mol. The summed E-state index contributed by atoms with van der Waals surface area (Å²) in [4.78, 5) is 0. The van der Waals surface area contributed by atoms with Crippen LogP contribution in [0.1, 0.15) is 17.2 Å². The van der Waals surface area contributed by atoms with Crippen LogP contribution in [-0.2, 0) is 6.42 Å². The van der Waals surface area contributed by atoms with Gasteiger partial charge >= 0.3 is 0 Å². The molecule has 1 aliphatic heterocycles. The standard InChI is InChI=1S/C15H12BrFO3/c16-11-3-1-9(12(17)7-11)5-13(18)10-2-4-14-15(6-10)20-8-19-14/h1-4,6-7,13,18H,5,8H2. The van der Waals surface area contributed by atoms with Gasteiger partial charge in [-0.2, -0.15) is 0 Å². The summed E-state index contributed by atoms with van der Waals surface area (Å²) in [6.45, 7) is 0.191. The Morgan fingerprint density at radius 2 is 1.95 bits per heavy atom. The van der Waals surface area contributed by atoms with Crippen LogP contribution >= 0.6 is 15.9 Å². The maximum Gasteiger partial charge on any atom is 0.231 e. The number of hydrogen-bond acceptors (Lipinski definition) is 3. The molecule has 0 amide bonds. The van der Waals surface area contributed by atoms with Crippen molar-refractivity contribution in [2.24, 2.45) is 0 Å². The molecule has 1 atom stereocenters. The number of aliphatic hydroxyl groups excluding tert-OH is 1. The lowest BCUT2D eigenvalue weighted by atomic mass is 10.0. The van der Waals surface area contributed by atoms with Gasteiger partial charge in [0.05, 0.1) is 6.10 Å². The summed E-state index contributed by atoms with van der Waals surface area (Å²) in [7, 11) is 0. The molecule has 1 heterocycles. The smallest absolute Gasteiger partial charge is 0.231 e. The number of hydrogen-bond donors (Lipinski definition) is 1. The lowest BCUT2D eigenvalue weighted by Crippen LogP contribution is -2.03. The third-order valence-corrected chi connectivity index (χ3v) is 3.70. The highest BCUT2D eigenvalue weighted by atomic mass is 79.9. The Kier molecular flexibility index (Phi) is 3.63. The normalized spacial score (nSPS) is 14.3. The fraction of sp³-hybridized carbons (Fsp3) is 0.200. The fourth-order valence-electron chi connectivity index (χ4n) is 2.13. The molecule has 1 unspecified atom stereocenters. The largest absolute Gasteiger partial charge is 0.454 e. The van der Waals surface area contributed by atoms with Crippen molar-refractivity contribution < 1.29 is 19.0 Å². The van der Waals surface area contributed by atoms with E-state index in [1.807, 2.05) is 0 Å². The van der Waals surface area contributed by atoms with Gasteiger partial charge < -0.3 is 14.6 Å². The van der Waals surface area contributed by atoms with Crippen LogP contribution in [0.4, 0.5) is 4.39 Å². The van der Waals surface area contributed by atoms with Crippen molar-refractivity contribution >= 4 is 15.9 Å². The van der Waals surface area contributed by atoms with E-state index in [1.165, 1.54) is 6.07 Å². The van der Waals surface area contributed by atoms with Gasteiger partial charge in [-0.15, -0.1) is 0 Å². The van der Waals surface area contributed by atoms with E-state index < -0.39 is 6.10 Å². The van der Waals surface area contributed by atoms with Gasteiger partial charge in [-0.25, -0.2) is 4.39 Å². The lowest BCUT2D eigenvalue weighted by molar-refractivity contribution is 0.171. The minimum Gasteiger partial charge on any atom is -0.454 e. The Labute approximate surface area is 124 Å². The number of fused-ring (bicyclic) bond motifs is 1. The Balaban J connectivity index is 1.80. The van der Waals surface area contributed by atoms with E-state index in [0.717, 1.165) is 0 Å². The number of halogens is 2. The zero-order valence-corrected chi connectivity index (χ0v) is 12.1. The van der Waals surface area contributed by atoms with Crippen molar-refractivity contribution in [1.82, 2.24) is 0 Å². The molecule has 20 heavy (non-hydrogen) atoms. The summed E-state index contributed by atoms with van der Waals surface area (Å²) >= 11 is 3.21. The number of ether oxygens (including phenoxy) is 2. The second-order valence-corrected chi connectivity index (χ2v) is 5.48. The van der Waals surface area contributed by atoms with E-state index in [9.17, 15) is 9.50 Å². The molecule has 0 bridgehead atoms. The maximum absolute atomic E-state index is 13.8. The van der Waals surface area contributed by atoms with Crippen LogP contribution in [0.2, 0.25) is 0 Å². The maximum atomic E-state index is 13.8. The van der Waals surface area contributed by atoms with E-state index in [0.29, 0.717) is 27.1 Å². The van der Waals surface area contributed by atoms with Crippen LogP contribution in [-0.4, -0.2) is 11.9 Å². The molecule has 1 aliphatic rings. The van der Waals surface area contributed by atoms with E-state index in [1.54, 1.807) is 30.3 Å². The Morgan fingerprint density at radius 1 is 1.15 bits per heavy atom. The summed E-state index contributed by atoms with van der Waals surface area (Å²) in [5.41, 5.74) is 1.15. The summed E-state index contributed by atoms with van der Waals surface area (Å²) in [5.74, 6) is 0.938. The van der Waals surface area contributed by atoms with Crippen LogP contribution in [0.15, 0.2) is 40.9 Å². The quantitative estimate of drug-likeness (QED) is 0.929. The molecule has 0 spiro atoms. The molecule has 0 radical (unpaired) electrons. The first-order valence-corrected chi connectivity index (χ1v) is 6.94. The molecular weight excluding hydrogens is 327 g/mol. The van der Waals surface area contributed by atoms with Crippen molar-refractivity contribution in [2.45, 2.75) is 12.5 Å². The highest BCUT2D eigenvalue weighted by Gasteiger charge is 2.17. The average Bonchev–Trinajstić information content (AvgIpc) is 2.89. The number of rotatable bonds is 3. The minimum absolute atomic E-state index is 0.191. The van der Waals surface area contributed by atoms with Crippen LogP contribution in [0.25, 0.3) is 0 Å². The topological polar surface area (TPSA) is 38.7 Å². The lowest BCUT2D eigenvalue weighted by Gasteiger charge is -2.12. The summed E-state index contributed by atoms with van der Waals surface area (Å²) < 4.78 is 24.9. The van der Waals surface area contributed by atoms with E-state index in [-0.39, 0.29) is 19.0 Å². The zero-order chi connectivity index (χ0) is 14.1. The van der Waals surface area contributed by atoms with Crippen molar-refractivity contribution in [1.29, 1.82) is 0 Å². The molecule has 3 rings (SSSR count). The highest BCUT2D eigenvalue weighted by Crippen LogP contribution is 2.35. The summed E-state index contributed by atoms with van der Waals surface area (Å²) in [6, 6.07) is 10.0. The molecule has 2 aromatic rings. The molecule has 0 aromatic heterocycles. The van der Waals surface area contributed by atoms with Gasteiger partial charge in [0.25, 0.3) is 0 Å². The Bertz CT molecular complexity index is 645. The van der Waals surface area contributed by atoms with Gasteiger partial charge in [0.2, 0.25) is 6.79 Å². The van der Waals surface area contributed by atoms with Crippen molar-refractivity contribution in [2.75, 3.05) is 6.79 Å². The van der Waals surface area contributed by atoms with E-state index >= 15 is 0 Å². The predicted molar refractivity (Wildman–Crippen MR) is 75.3 cm³/mol. The Hall–Kier alpha value is -1.59. The first-order chi connectivity index (χ1) is 9.63. The van der Waals surface area contributed by atoms with Crippen LogP contribution < -0.4 is 9.47 Å². The molecule has 0 aliphatic carbocycles. The molecule has 0 fully saturated rings. The minimum atomic E-state index is -0.792. The van der Waals surface area contributed by atoms with Gasteiger partial charge in [-0.1, -0.05) is 28.1 Å². The second kappa shape index (κ2) is 5.42. The average molecular weight is 339 g/mol. The third kappa shape index (κ3) is 2.64. The van der Waals surface area contributed by atoms with Gasteiger partial charge in [-0.05, 0) is 35.4 Å². The van der Waals surface area contributed by atoms with Gasteiger partial charge in [0, 0.05) is 10.9 Å². The van der Waals surface area contributed by atoms with Gasteiger partial charge in [0.1, 0.15) is 5.82 Å². The zero-order valence-electron chi connectivity index (χ0n) is 10.5. The van der Waals surface area contributed by atoms with Gasteiger partial charge in [0.15, 0.2) is 11.5 Å². The fourth-order valence-corrected chi connectivity index (χ4v) is 2.47.